The number of hydrogen-bond acceptors (Lipinski definition) is 3. The van der Waals surface area contributed by atoms with Crippen molar-refractivity contribution in [1.82, 2.24) is 10.2 Å². The van der Waals surface area contributed by atoms with Gasteiger partial charge >= 0.3 is 6.03 Å². The van der Waals surface area contributed by atoms with Gasteiger partial charge in [0.15, 0.2) is 0 Å². The van der Waals surface area contributed by atoms with E-state index in [0.29, 0.717) is 13.2 Å². The number of carbonyl (C=O) groups excluding carboxylic acids is 1. The fourth-order valence-electron chi connectivity index (χ4n) is 3.85. The molecule has 1 N–H and O–H groups in total. The first-order chi connectivity index (χ1) is 14.8. The van der Waals surface area contributed by atoms with Gasteiger partial charge in [0, 0.05) is 38.4 Å². The maximum absolute atomic E-state index is 12.5. The lowest BCUT2D eigenvalue weighted by Gasteiger charge is -2.37. The van der Waals surface area contributed by atoms with Gasteiger partial charge < -0.3 is 19.9 Å². The molecule has 0 spiro atoms. The molecule has 31 heavy (non-hydrogen) atoms. The molecule has 0 atom stereocenters. The highest BCUT2D eigenvalue weighted by atomic mass is 16.5. The van der Waals surface area contributed by atoms with Crippen molar-refractivity contribution in [2.75, 3.05) is 44.2 Å². The highest BCUT2D eigenvalue weighted by Gasteiger charge is 2.22. The third kappa shape index (κ3) is 6.16. The summed E-state index contributed by atoms with van der Waals surface area (Å²) in [6, 6.07) is 14.7. The van der Waals surface area contributed by atoms with Crippen LogP contribution in [0.4, 0.5) is 10.5 Å². The molecular formula is C26H37N3O2. The molecule has 2 aromatic carbocycles. The van der Waals surface area contributed by atoms with Gasteiger partial charge in [-0.1, -0.05) is 45.0 Å². The first kappa shape index (κ1) is 23.0. The van der Waals surface area contributed by atoms with E-state index < -0.39 is 0 Å². The Hall–Kier alpha value is -2.69. The fourth-order valence-corrected chi connectivity index (χ4v) is 3.85. The number of nitrogens with one attached hydrogen (secondary N) is 1. The Balaban J connectivity index is 1.35. The summed E-state index contributed by atoms with van der Waals surface area (Å²) in [5.41, 5.74) is 5.36. The van der Waals surface area contributed by atoms with Crippen LogP contribution in [0.3, 0.4) is 0 Å². The monoisotopic (exact) mass is 423 g/mol. The molecule has 168 valence electrons. The van der Waals surface area contributed by atoms with Gasteiger partial charge in [-0.25, -0.2) is 4.79 Å². The van der Waals surface area contributed by atoms with Crippen LogP contribution in [0.25, 0.3) is 0 Å². The molecule has 1 heterocycles. The number of urea groups is 1. The molecule has 1 aliphatic rings. The largest absolute Gasteiger partial charge is 0.494 e. The van der Waals surface area contributed by atoms with Crippen molar-refractivity contribution in [2.24, 2.45) is 0 Å². The molecule has 0 aliphatic carbocycles. The topological polar surface area (TPSA) is 44.8 Å². The Morgan fingerprint density at radius 1 is 1.00 bits per heavy atom. The van der Waals surface area contributed by atoms with Crippen molar-refractivity contribution in [3.05, 3.63) is 59.2 Å². The zero-order valence-corrected chi connectivity index (χ0v) is 19.7. The van der Waals surface area contributed by atoms with Crippen molar-refractivity contribution in [1.29, 1.82) is 0 Å². The molecule has 5 heteroatoms. The molecule has 1 aliphatic heterocycles. The average molecular weight is 424 g/mol. The lowest BCUT2D eigenvalue weighted by atomic mass is 9.87. The number of piperazine rings is 1. The van der Waals surface area contributed by atoms with E-state index in [-0.39, 0.29) is 11.4 Å². The zero-order valence-electron chi connectivity index (χ0n) is 19.7. The van der Waals surface area contributed by atoms with E-state index in [9.17, 15) is 4.79 Å². The summed E-state index contributed by atoms with van der Waals surface area (Å²) < 4.78 is 5.81. The summed E-state index contributed by atoms with van der Waals surface area (Å²) in [6.07, 6.45) is 0.787. The first-order valence-corrected chi connectivity index (χ1v) is 11.3. The molecule has 0 unspecified atom stereocenters. The minimum Gasteiger partial charge on any atom is -0.494 e. The van der Waals surface area contributed by atoms with E-state index in [2.05, 4.69) is 75.2 Å². The van der Waals surface area contributed by atoms with Crippen LogP contribution in [0, 0.1) is 13.8 Å². The third-order valence-electron chi connectivity index (χ3n) is 6.07. The van der Waals surface area contributed by atoms with Crippen LogP contribution in [0.2, 0.25) is 0 Å². The summed E-state index contributed by atoms with van der Waals surface area (Å²) >= 11 is 0. The van der Waals surface area contributed by atoms with Gasteiger partial charge in [-0.2, -0.15) is 0 Å². The number of hydrogen-bond donors (Lipinski definition) is 1. The van der Waals surface area contributed by atoms with Crippen molar-refractivity contribution < 1.29 is 9.53 Å². The molecule has 0 aromatic heterocycles. The molecule has 1 fully saturated rings. The van der Waals surface area contributed by atoms with Crippen LogP contribution in [0.5, 0.6) is 5.75 Å². The van der Waals surface area contributed by atoms with Crippen molar-refractivity contribution in [2.45, 2.75) is 46.5 Å². The van der Waals surface area contributed by atoms with Gasteiger partial charge in [-0.15, -0.1) is 0 Å². The van der Waals surface area contributed by atoms with E-state index in [1.165, 1.54) is 22.4 Å². The van der Waals surface area contributed by atoms with E-state index in [4.69, 9.17) is 4.74 Å². The molecule has 0 bridgehead atoms. The second-order valence-corrected chi connectivity index (χ2v) is 9.40. The predicted octanol–water partition coefficient (Wildman–Crippen LogP) is 4.90. The quantitative estimate of drug-likeness (QED) is 0.672. The normalized spacial score (nSPS) is 14.5. The third-order valence-corrected chi connectivity index (χ3v) is 6.07. The van der Waals surface area contributed by atoms with Crippen LogP contribution in [-0.4, -0.2) is 50.3 Å². The summed E-state index contributed by atoms with van der Waals surface area (Å²) in [6.45, 7) is 15.4. The van der Waals surface area contributed by atoms with Gasteiger partial charge in [0.25, 0.3) is 0 Å². The number of amides is 2. The van der Waals surface area contributed by atoms with Gasteiger partial charge in [0.2, 0.25) is 0 Å². The Bertz CT molecular complexity index is 863. The van der Waals surface area contributed by atoms with E-state index in [1.54, 1.807) is 0 Å². The maximum Gasteiger partial charge on any atom is 0.317 e. The Morgan fingerprint density at radius 2 is 1.68 bits per heavy atom. The number of nitrogens with zero attached hydrogens (tertiary/aromatic N) is 2. The Kier molecular flexibility index (Phi) is 7.47. The molecule has 3 rings (SSSR count). The van der Waals surface area contributed by atoms with E-state index >= 15 is 0 Å². The maximum atomic E-state index is 12.5. The van der Waals surface area contributed by atoms with Gasteiger partial charge in [0.05, 0.1) is 6.61 Å². The second-order valence-electron chi connectivity index (χ2n) is 9.40. The lowest BCUT2D eigenvalue weighted by molar-refractivity contribution is 0.193. The molecular weight excluding hydrogens is 386 g/mol. The highest BCUT2D eigenvalue weighted by Crippen LogP contribution is 2.25. The summed E-state index contributed by atoms with van der Waals surface area (Å²) in [5, 5.41) is 3.03. The SMILES string of the molecule is Cc1cccc(N2CCN(C(=O)NCCCOc3ccc(C(C)(C)C)cc3)CC2)c1C. The van der Waals surface area contributed by atoms with Gasteiger partial charge in [0.1, 0.15) is 5.75 Å². The fraction of sp³-hybridized carbons (Fsp3) is 0.500. The van der Waals surface area contributed by atoms with Crippen LogP contribution in [0.1, 0.15) is 43.9 Å². The minimum absolute atomic E-state index is 0.0233. The number of carbonyl (C=O) groups is 1. The molecule has 1 saturated heterocycles. The van der Waals surface area contributed by atoms with Crippen LogP contribution in [-0.2, 0) is 5.41 Å². The standard InChI is InChI=1S/C26H37N3O2/c1-20-8-6-9-24(21(20)2)28-15-17-29(18-16-28)25(30)27-14-7-19-31-23-12-10-22(11-13-23)26(3,4)5/h6,8-13H,7,14-19H2,1-5H3,(H,27,30). The number of rotatable bonds is 6. The Morgan fingerprint density at radius 3 is 2.32 bits per heavy atom. The Labute approximate surface area is 187 Å². The number of anilines is 1. The number of ether oxygens (including phenoxy) is 1. The van der Waals surface area contributed by atoms with Crippen molar-refractivity contribution in [3.63, 3.8) is 0 Å². The van der Waals surface area contributed by atoms with Crippen molar-refractivity contribution >= 4 is 11.7 Å². The summed E-state index contributed by atoms with van der Waals surface area (Å²) in [5.74, 6) is 0.877. The van der Waals surface area contributed by atoms with E-state index in [1.807, 2.05) is 17.0 Å². The molecule has 2 aromatic rings. The highest BCUT2D eigenvalue weighted by molar-refractivity contribution is 5.74. The van der Waals surface area contributed by atoms with Gasteiger partial charge in [-0.3, -0.25) is 0 Å². The number of aryl methyl sites for hydroxylation is 1. The molecule has 0 saturated carbocycles. The predicted molar refractivity (Wildman–Crippen MR) is 128 cm³/mol. The van der Waals surface area contributed by atoms with Gasteiger partial charge in [-0.05, 0) is 60.6 Å². The first-order valence-electron chi connectivity index (χ1n) is 11.3. The lowest BCUT2D eigenvalue weighted by Crippen LogP contribution is -2.52. The molecule has 0 radical (unpaired) electrons. The smallest absolute Gasteiger partial charge is 0.317 e. The van der Waals surface area contributed by atoms with Crippen LogP contribution < -0.4 is 15.0 Å². The summed E-state index contributed by atoms with van der Waals surface area (Å²) in [4.78, 5) is 16.8. The van der Waals surface area contributed by atoms with E-state index in [0.717, 1.165) is 38.3 Å². The zero-order chi connectivity index (χ0) is 22.4. The molecule has 5 nitrogen and oxygen atoms in total. The van der Waals surface area contributed by atoms with Crippen LogP contribution in [0.15, 0.2) is 42.5 Å². The second kappa shape index (κ2) is 10.1. The van der Waals surface area contributed by atoms with Crippen LogP contribution >= 0.6 is 0 Å². The summed E-state index contributed by atoms with van der Waals surface area (Å²) in [7, 11) is 0. The number of benzene rings is 2. The molecule has 2 amide bonds. The van der Waals surface area contributed by atoms with Crippen molar-refractivity contribution in [3.8, 4) is 5.75 Å². The average Bonchev–Trinajstić information content (AvgIpc) is 2.75. The minimum atomic E-state index is 0.0233.